The van der Waals surface area contributed by atoms with Crippen molar-refractivity contribution in [1.29, 1.82) is 0 Å². The van der Waals surface area contributed by atoms with E-state index in [9.17, 15) is 19.1 Å². The Kier molecular flexibility index (Phi) is 6.11. The predicted octanol–water partition coefficient (Wildman–Crippen LogP) is 2.92. The summed E-state index contributed by atoms with van der Waals surface area (Å²) >= 11 is 0. The van der Waals surface area contributed by atoms with Gasteiger partial charge in [-0.25, -0.2) is 4.39 Å². The first-order chi connectivity index (χ1) is 11.9. The molecule has 0 heterocycles. The highest BCUT2D eigenvalue weighted by atomic mass is 19.1. The Hall–Kier alpha value is -2.89. The highest BCUT2D eigenvalue weighted by Gasteiger charge is 2.22. The highest BCUT2D eigenvalue weighted by molar-refractivity contribution is 5.84. The Morgan fingerprint density at radius 1 is 1.08 bits per heavy atom. The monoisotopic (exact) mass is 345 g/mol. The van der Waals surface area contributed by atoms with E-state index >= 15 is 0 Å². The number of aliphatic carboxylic acids is 1. The van der Waals surface area contributed by atoms with Gasteiger partial charge in [0.1, 0.15) is 11.6 Å². The molecule has 6 heteroatoms. The van der Waals surface area contributed by atoms with Crippen molar-refractivity contribution in [3.63, 3.8) is 0 Å². The average molecular weight is 345 g/mol. The predicted molar refractivity (Wildman–Crippen MR) is 91.2 cm³/mol. The van der Waals surface area contributed by atoms with Crippen LogP contribution in [0, 0.1) is 5.82 Å². The van der Waals surface area contributed by atoms with Gasteiger partial charge in [-0.2, -0.15) is 0 Å². The van der Waals surface area contributed by atoms with Gasteiger partial charge in [-0.1, -0.05) is 24.3 Å². The van der Waals surface area contributed by atoms with Crippen LogP contribution in [0.25, 0.3) is 0 Å². The lowest BCUT2D eigenvalue weighted by Gasteiger charge is -2.17. The van der Waals surface area contributed by atoms with Crippen LogP contribution in [-0.4, -0.2) is 30.6 Å². The number of amides is 1. The third kappa shape index (κ3) is 4.79. The molecule has 0 saturated heterocycles. The number of methoxy groups -OCH3 is 1. The molecule has 0 spiro atoms. The number of rotatable bonds is 7. The molecule has 0 fully saturated rings. The zero-order valence-corrected chi connectivity index (χ0v) is 14.0. The van der Waals surface area contributed by atoms with Crippen LogP contribution in [0.15, 0.2) is 48.5 Å². The van der Waals surface area contributed by atoms with Crippen molar-refractivity contribution in [2.75, 3.05) is 13.7 Å². The van der Waals surface area contributed by atoms with Crippen LogP contribution >= 0.6 is 0 Å². The number of carboxylic acid groups (broad SMARTS) is 1. The van der Waals surface area contributed by atoms with Crippen molar-refractivity contribution in [3.8, 4) is 5.75 Å². The van der Waals surface area contributed by atoms with Crippen molar-refractivity contribution in [2.24, 2.45) is 0 Å². The van der Waals surface area contributed by atoms with Crippen LogP contribution in [-0.2, 0) is 9.59 Å². The van der Waals surface area contributed by atoms with Gasteiger partial charge in [0.2, 0.25) is 5.91 Å². The van der Waals surface area contributed by atoms with E-state index in [1.807, 2.05) is 0 Å². The van der Waals surface area contributed by atoms with Gasteiger partial charge < -0.3 is 15.2 Å². The summed E-state index contributed by atoms with van der Waals surface area (Å²) in [5.41, 5.74) is 1.23. The summed E-state index contributed by atoms with van der Waals surface area (Å²) in [5, 5.41) is 12.0. The van der Waals surface area contributed by atoms with Gasteiger partial charge >= 0.3 is 5.97 Å². The summed E-state index contributed by atoms with van der Waals surface area (Å²) in [5.74, 6) is -2.48. The van der Waals surface area contributed by atoms with Crippen molar-refractivity contribution in [1.82, 2.24) is 5.32 Å². The second-order valence-electron chi connectivity index (χ2n) is 5.68. The topological polar surface area (TPSA) is 75.6 Å². The van der Waals surface area contributed by atoms with E-state index in [4.69, 9.17) is 4.74 Å². The normalized spacial score (nSPS) is 12.9. The van der Waals surface area contributed by atoms with E-state index < -0.39 is 23.6 Å². The van der Waals surface area contributed by atoms with Gasteiger partial charge in [0.05, 0.1) is 18.9 Å². The fourth-order valence-electron chi connectivity index (χ4n) is 2.44. The molecule has 2 atom stereocenters. The van der Waals surface area contributed by atoms with E-state index in [1.54, 1.807) is 38.3 Å². The fraction of sp³-hybridized carbons (Fsp3) is 0.263. The molecule has 132 valence electrons. The summed E-state index contributed by atoms with van der Waals surface area (Å²) in [6.07, 6.45) is 0. The molecule has 0 saturated carbocycles. The minimum absolute atomic E-state index is 0.0692. The largest absolute Gasteiger partial charge is 0.497 e. The number of halogens is 1. The number of ether oxygens (including phenoxy) is 1. The highest BCUT2D eigenvalue weighted by Crippen LogP contribution is 2.20. The van der Waals surface area contributed by atoms with E-state index in [2.05, 4.69) is 5.32 Å². The molecule has 2 aromatic carbocycles. The molecule has 0 radical (unpaired) electrons. The average Bonchev–Trinajstić information content (AvgIpc) is 2.62. The van der Waals surface area contributed by atoms with E-state index in [0.29, 0.717) is 11.3 Å². The molecule has 0 aromatic heterocycles. The molecule has 2 N–H and O–H groups in total. The van der Waals surface area contributed by atoms with Crippen molar-refractivity contribution < 1.29 is 23.8 Å². The van der Waals surface area contributed by atoms with E-state index in [-0.39, 0.29) is 12.5 Å². The number of carbonyl (C=O) groups is 2. The maximum Gasteiger partial charge on any atom is 0.312 e. The molecule has 2 rings (SSSR count). The number of hydrogen-bond donors (Lipinski definition) is 2. The van der Waals surface area contributed by atoms with Gasteiger partial charge in [-0.15, -0.1) is 0 Å². The third-order valence-electron chi connectivity index (χ3n) is 4.06. The lowest BCUT2D eigenvalue weighted by atomic mass is 9.97. The molecule has 1 amide bonds. The minimum atomic E-state index is -1.08. The van der Waals surface area contributed by atoms with Crippen molar-refractivity contribution in [3.05, 3.63) is 65.5 Å². The number of carbonyl (C=O) groups excluding carboxylic acids is 1. The Labute approximate surface area is 145 Å². The third-order valence-corrected chi connectivity index (χ3v) is 4.06. The van der Waals surface area contributed by atoms with Crippen molar-refractivity contribution in [2.45, 2.75) is 18.8 Å². The van der Waals surface area contributed by atoms with Crippen LogP contribution in [0.4, 0.5) is 4.39 Å². The van der Waals surface area contributed by atoms with Gasteiger partial charge in [-0.05, 0) is 42.3 Å². The van der Waals surface area contributed by atoms with Crippen LogP contribution in [0.1, 0.15) is 29.9 Å². The van der Waals surface area contributed by atoms with Crippen LogP contribution in [0.2, 0.25) is 0 Å². The first-order valence-electron chi connectivity index (χ1n) is 7.82. The van der Waals surface area contributed by atoms with Gasteiger partial charge in [0.25, 0.3) is 0 Å². The van der Waals surface area contributed by atoms with Crippen LogP contribution in [0.5, 0.6) is 5.75 Å². The molecule has 0 aliphatic heterocycles. The Morgan fingerprint density at radius 2 is 1.64 bits per heavy atom. The van der Waals surface area contributed by atoms with E-state index in [0.717, 1.165) is 5.56 Å². The first kappa shape index (κ1) is 18.4. The van der Waals surface area contributed by atoms with Crippen LogP contribution in [0.3, 0.4) is 0 Å². The maximum atomic E-state index is 13.0. The van der Waals surface area contributed by atoms with Crippen molar-refractivity contribution >= 4 is 11.9 Å². The standard InChI is InChI=1S/C19H20FNO4/c1-12(13-5-9-16(25-2)10-6-13)18(22)21-11-17(19(23)24)14-3-7-15(20)8-4-14/h3-10,12,17H,11H2,1-2H3,(H,21,22)(H,23,24). The van der Waals surface area contributed by atoms with Gasteiger partial charge in [0.15, 0.2) is 0 Å². The van der Waals surface area contributed by atoms with Gasteiger partial charge in [-0.3, -0.25) is 9.59 Å². The first-order valence-corrected chi connectivity index (χ1v) is 7.82. The number of hydrogen-bond acceptors (Lipinski definition) is 3. The number of benzene rings is 2. The molecular formula is C19H20FNO4. The summed E-state index contributed by atoms with van der Waals surface area (Å²) in [4.78, 5) is 23.8. The Morgan fingerprint density at radius 3 is 2.16 bits per heavy atom. The molecule has 0 aliphatic carbocycles. The zero-order chi connectivity index (χ0) is 18.4. The molecule has 25 heavy (non-hydrogen) atoms. The lowest BCUT2D eigenvalue weighted by molar-refractivity contribution is -0.138. The Bertz CT molecular complexity index is 728. The number of nitrogens with one attached hydrogen (secondary N) is 1. The molecular weight excluding hydrogens is 325 g/mol. The van der Waals surface area contributed by atoms with Gasteiger partial charge in [0, 0.05) is 6.54 Å². The smallest absolute Gasteiger partial charge is 0.312 e. The summed E-state index contributed by atoms with van der Waals surface area (Å²) in [7, 11) is 1.56. The lowest BCUT2D eigenvalue weighted by Crippen LogP contribution is -2.34. The Balaban J connectivity index is 2.02. The fourth-order valence-corrected chi connectivity index (χ4v) is 2.44. The zero-order valence-electron chi connectivity index (χ0n) is 14.0. The quantitative estimate of drug-likeness (QED) is 0.809. The SMILES string of the molecule is COc1ccc(C(C)C(=O)NCC(C(=O)O)c2ccc(F)cc2)cc1. The second-order valence-corrected chi connectivity index (χ2v) is 5.68. The molecule has 0 aliphatic rings. The molecule has 2 aromatic rings. The number of carboxylic acids is 1. The van der Waals surface area contributed by atoms with E-state index in [1.165, 1.54) is 24.3 Å². The summed E-state index contributed by atoms with van der Waals surface area (Å²) in [6, 6.07) is 12.3. The summed E-state index contributed by atoms with van der Waals surface area (Å²) < 4.78 is 18.1. The van der Waals surface area contributed by atoms with Crippen LogP contribution < -0.4 is 10.1 Å². The maximum absolute atomic E-state index is 13.0. The minimum Gasteiger partial charge on any atom is -0.497 e. The molecule has 2 unspecified atom stereocenters. The molecule has 5 nitrogen and oxygen atoms in total. The molecule has 0 bridgehead atoms. The summed E-state index contributed by atoms with van der Waals surface area (Å²) in [6.45, 7) is 1.67. The second kappa shape index (κ2) is 8.28.